The van der Waals surface area contributed by atoms with E-state index in [1.54, 1.807) is 0 Å². The van der Waals surface area contributed by atoms with Crippen molar-refractivity contribution in [3.8, 4) is 0 Å². The van der Waals surface area contributed by atoms with Gasteiger partial charge in [0.2, 0.25) is 0 Å². The van der Waals surface area contributed by atoms with Gasteiger partial charge in [0.15, 0.2) is 0 Å². The van der Waals surface area contributed by atoms with Crippen molar-refractivity contribution in [3.05, 3.63) is 0 Å². The smallest absolute Gasteiger partial charge is 0.125 e. The van der Waals surface area contributed by atoms with E-state index < -0.39 is 0 Å². The Kier molecular flexibility index (Phi) is 5.04. The summed E-state index contributed by atoms with van der Waals surface area (Å²) in [7, 11) is 0. The summed E-state index contributed by atoms with van der Waals surface area (Å²) >= 11 is 0. The Labute approximate surface area is 152 Å². The van der Waals surface area contributed by atoms with E-state index >= 15 is 0 Å². The van der Waals surface area contributed by atoms with E-state index in [9.17, 15) is 0 Å². The first-order chi connectivity index (χ1) is 12.4. The summed E-state index contributed by atoms with van der Waals surface area (Å²) in [6.45, 7) is 2.23. The molecule has 5 nitrogen and oxygen atoms in total. The summed E-state index contributed by atoms with van der Waals surface area (Å²) in [5.74, 6) is 3.24. The van der Waals surface area contributed by atoms with Gasteiger partial charge in [0.25, 0.3) is 0 Å². The van der Waals surface area contributed by atoms with Crippen molar-refractivity contribution in [1.29, 1.82) is 0 Å². The molecule has 5 rings (SSSR count). The fourth-order valence-corrected chi connectivity index (χ4v) is 6.65. The SMILES string of the molecule is C1CCC2C(C1)CCCC2C1NNC(C2CCC3NCCNC3C2)O1. The topological polar surface area (TPSA) is 57.3 Å². The van der Waals surface area contributed by atoms with Gasteiger partial charge in [-0.3, -0.25) is 0 Å². The predicted molar refractivity (Wildman–Crippen MR) is 98.6 cm³/mol. The minimum absolute atomic E-state index is 0.207. The molecule has 0 aromatic rings. The molecule has 0 aromatic heterocycles. The van der Waals surface area contributed by atoms with Crippen molar-refractivity contribution in [2.45, 2.75) is 88.7 Å². The van der Waals surface area contributed by atoms with Gasteiger partial charge in [-0.1, -0.05) is 32.1 Å². The third-order valence-corrected chi connectivity index (χ3v) is 7.94. The van der Waals surface area contributed by atoms with Crippen LogP contribution in [0.15, 0.2) is 0 Å². The number of hydrogen-bond donors (Lipinski definition) is 4. The highest BCUT2D eigenvalue weighted by atomic mass is 16.5. The van der Waals surface area contributed by atoms with Crippen LogP contribution in [0.4, 0.5) is 0 Å². The van der Waals surface area contributed by atoms with E-state index in [0.29, 0.717) is 18.0 Å². The molecule has 142 valence electrons. The second-order valence-corrected chi connectivity index (χ2v) is 9.26. The van der Waals surface area contributed by atoms with Crippen LogP contribution in [-0.2, 0) is 4.74 Å². The summed E-state index contributed by atoms with van der Waals surface area (Å²) in [4.78, 5) is 0. The highest BCUT2D eigenvalue weighted by Crippen LogP contribution is 2.46. The third-order valence-electron chi connectivity index (χ3n) is 7.94. The molecule has 3 saturated carbocycles. The van der Waals surface area contributed by atoms with Crippen LogP contribution in [0.2, 0.25) is 0 Å². The van der Waals surface area contributed by atoms with Gasteiger partial charge < -0.3 is 15.4 Å². The molecule has 2 heterocycles. The maximum atomic E-state index is 6.60. The highest BCUT2D eigenvalue weighted by Gasteiger charge is 2.44. The fraction of sp³-hybridized carbons (Fsp3) is 1.00. The van der Waals surface area contributed by atoms with Crippen molar-refractivity contribution in [2.75, 3.05) is 13.1 Å². The van der Waals surface area contributed by atoms with Crippen LogP contribution in [0.3, 0.4) is 0 Å². The first-order valence-corrected chi connectivity index (χ1v) is 11.0. The van der Waals surface area contributed by atoms with Crippen molar-refractivity contribution in [2.24, 2.45) is 23.7 Å². The zero-order chi connectivity index (χ0) is 16.6. The first kappa shape index (κ1) is 16.9. The minimum atomic E-state index is 0.207. The molecule has 25 heavy (non-hydrogen) atoms. The van der Waals surface area contributed by atoms with E-state index in [1.807, 2.05) is 0 Å². The number of fused-ring (bicyclic) bond motifs is 2. The summed E-state index contributed by atoms with van der Waals surface area (Å²) < 4.78 is 6.60. The standard InChI is InChI=1S/C20H36N4O/c1-2-6-15-13(4-1)5-3-7-16(15)20-24-23-19(25-20)14-8-9-17-18(12-14)22-11-10-21-17/h13-24H,1-12H2. The summed E-state index contributed by atoms with van der Waals surface area (Å²) in [6, 6.07) is 1.31. The molecule has 0 bridgehead atoms. The average Bonchev–Trinajstić information content (AvgIpc) is 3.17. The second kappa shape index (κ2) is 7.43. The molecular formula is C20H36N4O. The van der Waals surface area contributed by atoms with Gasteiger partial charge in [-0.05, 0) is 43.9 Å². The van der Waals surface area contributed by atoms with E-state index in [0.717, 1.165) is 30.8 Å². The van der Waals surface area contributed by atoms with Gasteiger partial charge in [-0.25, -0.2) is 10.9 Å². The maximum Gasteiger partial charge on any atom is 0.125 e. The molecule has 0 aromatic carbocycles. The van der Waals surface area contributed by atoms with Crippen molar-refractivity contribution in [3.63, 3.8) is 0 Å². The van der Waals surface area contributed by atoms with Crippen LogP contribution in [0, 0.1) is 23.7 Å². The Morgan fingerprint density at radius 1 is 0.600 bits per heavy atom. The molecule has 0 spiro atoms. The van der Waals surface area contributed by atoms with Crippen LogP contribution in [0.5, 0.6) is 0 Å². The molecule has 0 radical (unpaired) electrons. The van der Waals surface area contributed by atoms with Crippen LogP contribution in [-0.4, -0.2) is 37.6 Å². The van der Waals surface area contributed by atoms with Crippen LogP contribution < -0.4 is 21.5 Å². The number of hydrogen-bond acceptors (Lipinski definition) is 5. The Morgan fingerprint density at radius 3 is 2.32 bits per heavy atom. The highest BCUT2D eigenvalue weighted by molar-refractivity contribution is 4.96. The monoisotopic (exact) mass is 348 g/mol. The fourth-order valence-electron chi connectivity index (χ4n) is 6.65. The minimum Gasteiger partial charge on any atom is -0.342 e. The molecule has 0 amide bonds. The molecule has 5 fully saturated rings. The van der Waals surface area contributed by atoms with E-state index in [1.165, 1.54) is 64.2 Å². The maximum absolute atomic E-state index is 6.60. The van der Waals surface area contributed by atoms with Gasteiger partial charge in [0.05, 0.1) is 0 Å². The molecular weight excluding hydrogens is 312 g/mol. The molecule has 3 aliphatic carbocycles. The van der Waals surface area contributed by atoms with Gasteiger partial charge in [0.1, 0.15) is 12.5 Å². The van der Waals surface area contributed by atoms with E-state index in [-0.39, 0.29) is 12.5 Å². The van der Waals surface area contributed by atoms with Crippen LogP contribution in [0.25, 0.3) is 0 Å². The quantitative estimate of drug-likeness (QED) is 0.616. The number of hydrazine groups is 1. The Bertz CT molecular complexity index is 459. The lowest BCUT2D eigenvalue weighted by molar-refractivity contribution is -0.0713. The average molecular weight is 349 g/mol. The summed E-state index contributed by atoms with van der Waals surface area (Å²) in [5, 5.41) is 7.40. The van der Waals surface area contributed by atoms with Crippen LogP contribution >= 0.6 is 0 Å². The van der Waals surface area contributed by atoms with Gasteiger partial charge in [0, 0.05) is 37.0 Å². The molecule has 2 aliphatic heterocycles. The molecule has 4 N–H and O–H groups in total. The van der Waals surface area contributed by atoms with Gasteiger partial charge in [-0.15, -0.1) is 0 Å². The van der Waals surface area contributed by atoms with Crippen molar-refractivity contribution in [1.82, 2.24) is 21.5 Å². The molecule has 5 aliphatic rings. The second-order valence-electron chi connectivity index (χ2n) is 9.26. The zero-order valence-electron chi connectivity index (χ0n) is 15.5. The lowest BCUT2D eigenvalue weighted by Crippen LogP contribution is -2.59. The first-order valence-electron chi connectivity index (χ1n) is 11.0. The van der Waals surface area contributed by atoms with Gasteiger partial charge in [-0.2, -0.15) is 0 Å². The largest absolute Gasteiger partial charge is 0.342 e. The van der Waals surface area contributed by atoms with Crippen molar-refractivity contribution < 1.29 is 4.74 Å². The predicted octanol–water partition coefficient (Wildman–Crippen LogP) is 2.10. The van der Waals surface area contributed by atoms with Gasteiger partial charge >= 0.3 is 0 Å². The number of piperazine rings is 1. The molecule has 8 unspecified atom stereocenters. The zero-order valence-corrected chi connectivity index (χ0v) is 15.5. The van der Waals surface area contributed by atoms with E-state index in [4.69, 9.17) is 4.74 Å². The lowest BCUT2D eigenvalue weighted by Gasteiger charge is -2.43. The Morgan fingerprint density at radius 2 is 1.36 bits per heavy atom. The molecule has 2 saturated heterocycles. The number of nitrogens with one attached hydrogen (secondary N) is 4. The normalized spacial score (nSPS) is 50.9. The summed E-state index contributed by atoms with van der Waals surface area (Å²) in [5.41, 5.74) is 7.11. The third kappa shape index (κ3) is 3.39. The molecule has 8 atom stereocenters. The molecule has 5 heteroatoms. The Balaban J connectivity index is 1.19. The Hall–Kier alpha value is -0.200. The number of rotatable bonds is 2. The summed E-state index contributed by atoms with van der Waals surface area (Å²) in [6.07, 6.45) is 14.3. The number of ether oxygens (including phenoxy) is 1. The van der Waals surface area contributed by atoms with Crippen molar-refractivity contribution >= 4 is 0 Å². The van der Waals surface area contributed by atoms with E-state index in [2.05, 4.69) is 21.5 Å². The van der Waals surface area contributed by atoms with Crippen LogP contribution in [0.1, 0.15) is 64.2 Å². The lowest BCUT2D eigenvalue weighted by atomic mass is 9.65.